The average molecular weight is 222 g/mol. The van der Waals surface area contributed by atoms with Crippen LogP contribution in [0.25, 0.3) is 0 Å². The van der Waals surface area contributed by atoms with Crippen molar-refractivity contribution in [2.45, 2.75) is 57.8 Å². The molecule has 1 saturated carbocycles. The van der Waals surface area contributed by atoms with Crippen LogP contribution >= 0.6 is 0 Å². The predicted octanol–water partition coefficient (Wildman–Crippen LogP) is 1.26. The van der Waals surface area contributed by atoms with Gasteiger partial charge in [-0.1, -0.05) is 0 Å². The van der Waals surface area contributed by atoms with Gasteiger partial charge in [0, 0.05) is 31.4 Å². The first-order valence-electron chi connectivity index (χ1n) is 6.29. The molecule has 1 heterocycles. The lowest BCUT2D eigenvalue weighted by Crippen LogP contribution is -2.37. The van der Waals surface area contributed by atoms with Crippen molar-refractivity contribution in [3.8, 4) is 0 Å². The Labute approximate surface area is 97.2 Å². The number of nitrogens with zero attached hydrogens (tertiary/aromatic N) is 2. The van der Waals surface area contributed by atoms with Crippen LogP contribution in [0, 0.1) is 0 Å². The molecule has 1 aromatic heterocycles. The van der Waals surface area contributed by atoms with Crippen molar-refractivity contribution in [1.82, 2.24) is 15.1 Å². The zero-order chi connectivity index (χ0) is 11.4. The van der Waals surface area contributed by atoms with Crippen LogP contribution in [0.2, 0.25) is 0 Å². The van der Waals surface area contributed by atoms with Gasteiger partial charge in [0.05, 0.1) is 5.69 Å². The van der Waals surface area contributed by atoms with Gasteiger partial charge in [-0.2, -0.15) is 5.10 Å². The molecule has 90 valence electrons. The molecule has 0 radical (unpaired) electrons. The van der Waals surface area contributed by atoms with Crippen LogP contribution in [-0.4, -0.2) is 21.9 Å². The highest BCUT2D eigenvalue weighted by Crippen LogP contribution is 2.17. The van der Waals surface area contributed by atoms with E-state index in [2.05, 4.69) is 23.4 Å². The monoisotopic (exact) mass is 222 g/mol. The normalized spacial score (nSPS) is 25.9. The second-order valence-corrected chi connectivity index (χ2v) is 4.63. The molecule has 0 amide bonds. The topological polar surface area (TPSA) is 55.9 Å². The fraction of sp³-hybridized carbons (Fsp3) is 0.750. The number of nitrogens with one attached hydrogen (secondary N) is 1. The van der Waals surface area contributed by atoms with Gasteiger partial charge in [-0.15, -0.1) is 0 Å². The van der Waals surface area contributed by atoms with Gasteiger partial charge in [0.25, 0.3) is 0 Å². The van der Waals surface area contributed by atoms with Crippen LogP contribution in [0.3, 0.4) is 0 Å². The van der Waals surface area contributed by atoms with E-state index < -0.39 is 0 Å². The van der Waals surface area contributed by atoms with Crippen LogP contribution in [-0.2, 0) is 13.1 Å². The second-order valence-electron chi connectivity index (χ2n) is 4.63. The molecule has 0 unspecified atom stereocenters. The third-order valence-corrected chi connectivity index (χ3v) is 3.45. The Morgan fingerprint density at radius 3 is 2.88 bits per heavy atom. The van der Waals surface area contributed by atoms with E-state index in [1.54, 1.807) is 0 Å². The molecule has 4 heteroatoms. The number of hydrogen-bond donors (Lipinski definition) is 2. The molecule has 4 nitrogen and oxygen atoms in total. The van der Waals surface area contributed by atoms with E-state index in [0.717, 1.165) is 25.9 Å². The van der Waals surface area contributed by atoms with Gasteiger partial charge in [-0.05, 0) is 38.7 Å². The molecule has 1 aliphatic carbocycles. The largest absolute Gasteiger partial charge is 0.328 e. The van der Waals surface area contributed by atoms with Gasteiger partial charge in [0.1, 0.15) is 0 Å². The molecular weight excluding hydrogens is 200 g/mol. The van der Waals surface area contributed by atoms with Gasteiger partial charge >= 0.3 is 0 Å². The summed E-state index contributed by atoms with van der Waals surface area (Å²) in [7, 11) is 0. The number of aromatic nitrogens is 2. The summed E-state index contributed by atoms with van der Waals surface area (Å²) < 4.78 is 2.04. The van der Waals surface area contributed by atoms with E-state index in [4.69, 9.17) is 5.73 Å². The maximum atomic E-state index is 5.89. The molecule has 0 saturated heterocycles. The molecule has 0 bridgehead atoms. The van der Waals surface area contributed by atoms with Gasteiger partial charge < -0.3 is 11.1 Å². The van der Waals surface area contributed by atoms with Crippen LogP contribution in [0.4, 0.5) is 0 Å². The summed E-state index contributed by atoms with van der Waals surface area (Å²) in [5, 5.41) is 7.87. The maximum absolute atomic E-state index is 5.89. The summed E-state index contributed by atoms with van der Waals surface area (Å²) in [5.74, 6) is 0. The van der Waals surface area contributed by atoms with E-state index in [9.17, 15) is 0 Å². The molecule has 16 heavy (non-hydrogen) atoms. The Kier molecular flexibility index (Phi) is 3.96. The van der Waals surface area contributed by atoms with Gasteiger partial charge in [-0.3, -0.25) is 4.68 Å². The maximum Gasteiger partial charge on any atom is 0.0522 e. The van der Waals surface area contributed by atoms with E-state index in [1.807, 2.05) is 10.9 Å². The van der Waals surface area contributed by atoms with Crippen LogP contribution in [0.1, 0.15) is 38.3 Å². The minimum atomic E-state index is 0.430. The first-order valence-corrected chi connectivity index (χ1v) is 6.29. The quantitative estimate of drug-likeness (QED) is 0.806. The Morgan fingerprint density at radius 1 is 1.44 bits per heavy atom. The fourth-order valence-corrected chi connectivity index (χ4v) is 2.37. The SMILES string of the molecule is CCn1nccc1CNC1CCC(N)CC1. The van der Waals surface area contributed by atoms with Crippen LogP contribution < -0.4 is 11.1 Å². The van der Waals surface area contributed by atoms with Gasteiger partial charge in [0.2, 0.25) is 0 Å². The molecule has 0 aliphatic heterocycles. The number of rotatable bonds is 4. The molecular formula is C12H22N4. The summed E-state index contributed by atoms with van der Waals surface area (Å²) in [6.07, 6.45) is 6.61. The number of nitrogens with two attached hydrogens (primary N) is 1. The number of hydrogen-bond acceptors (Lipinski definition) is 3. The van der Waals surface area contributed by atoms with Crippen molar-refractivity contribution in [3.63, 3.8) is 0 Å². The van der Waals surface area contributed by atoms with Gasteiger partial charge in [0.15, 0.2) is 0 Å². The van der Waals surface area contributed by atoms with Crippen molar-refractivity contribution in [3.05, 3.63) is 18.0 Å². The lowest BCUT2D eigenvalue weighted by atomic mass is 9.92. The third-order valence-electron chi connectivity index (χ3n) is 3.45. The van der Waals surface area contributed by atoms with E-state index in [-0.39, 0.29) is 0 Å². The molecule has 1 aliphatic rings. The minimum Gasteiger partial charge on any atom is -0.328 e. The highest BCUT2D eigenvalue weighted by atomic mass is 15.3. The third kappa shape index (κ3) is 2.83. The lowest BCUT2D eigenvalue weighted by molar-refractivity contribution is 0.338. The Morgan fingerprint density at radius 2 is 2.19 bits per heavy atom. The standard InChI is InChI=1S/C12H22N4/c1-2-16-12(7-8-15-16)9-14-11-5-3-10(13)4-6-11/h7-8,10-11,14H,2-6,9,13H2,1H3. The first-order chi connectivity index (χ1) is 7.79. The smallest absolute Gasteiger partial charge is 0.0522 e. The fourth-order valence-electron chi connectivity index (χ4n) is 2.37. The van der Waals surface area contributed by atoms with Crippen LogP contribution in [0.5, 0.6) is 0 Å². The summed E-state index contributed by atoms with van der Waals surface area (Å²) >= 11 is 0. The van der Waals surface area contributed by atoms with Crippen LogP contribution in [0.15, 0.2) is 12.3 Å². The van der Waals surface area contributed by atoms with Gasteiger partial charge in [-0.25, -0.2) is 0 Å². The molecule has 3 N–H and O–H groups in total. The average Bonchev–Trinajstić information content (AvgIpc) is 2.76. The van der Waals surface area contributed by atoms with E-state index in [1.165, 1.54) is 18.5 Å². The Bertz CT molecular complexity index is 313. The van der Waals surface area contributed by atoms with E-state index in [0.29, 0.717) is 12.1 Å². The molecule has 0 aromatic carbocycles. The minimum absolute atomic E-state index is 0.430. The highest BCUT2D eigenvalue weighted by Gasteiger charge is 2.17. The summed E-state index contributed by atoms with van der Waals surface area (Å²) in [6.45, 7) is 3.99. The first kappa shape index (κ1) is 11.6. The second kappa shape index (κ2) is 5.46. The van der Waals surface area contributed by atoms with Crippen molar-refractivity contribution >= 4 is 0 Å². The molecule has 1 fully saturated rings. The Hall–Kier alpha value is -0.870. The summed E-state index contributed by atoms with van der Waals surface area (Å²) in [4.78, 5) is 0. The zero-order valence-electron chi connectivity index (χ0n) is 10.0. The van der Waals surface area contributed by atoms with E-state index >= 15 is 0 Å². The van der Waals surface area contributed by atoms with Crippen molar-refractivity contribution in [2.75, 3.05) is 0 Å². The summed E-state index contributed by atoms with van der Waals surface area (Å²) in [6, 6.07) is 3.16. The van der Waals surface area contributed by atoms with Crippen molar-refractivity contribution in [1.29, 1.82) is 0 Å². The number of aryl methyl sites for hydroxylation is 1. The Balaban J connectivity index is 1.79. The summed E-state index contributed by atoms with van der Waals surface area (Å²) in [5.41, 5.74) is 7.17. The van der Waals surface area contributed by atoms with Crippen molar-refractivity contribution in [2.24, 2.45) is 5.73 Å². The molecule has 2 rings (SSSR count). The molecule has 1 aromatic rings. The highest BCUT2D eigenvalue weighted by molar-refractivity contribution is 5.00. The predicted molar refractivity (Wildman–Crippen MR) is 65.0 cm³/mol. The van der Waals surface area contributed by atoms with Crippen molar-refractivity contribution < 1.29 is 0 Å². The molecule has 0 atom stereocenters. The zero-order valence-corrected chi connectivity index (χ0v) is 10.0. The molecule has 0 spiro atoms. The lowest BCUT2D eigenvalue weighted by Gasteiger charge is -2.26.